The van der Waals surface area contributed by atoms with Crippen molar-refractivity contribution in [2.24, 2.45) is 5.73 Å². The van der Waals surface area contributed by atoms with E-state index in [1.165, 1.54) is 6.33 Å². The van der Waals surface area contributed by atoms with Crippen LogP contribution in [0, 0.1) is 0 Å². The lowest BCUT2D eigenvalue weighted by Gasteiger charge is -2.25. The van der Waals surface area contributed by atoms with Gasteiger partial charge in [0, 0.05) is 19.7 Å². The second kappa shape index (κ2) is 12.5. The molecule has 2 N–H and O–H groups in total. The topological polar surface area (TPSA) is 165 Å². The number of primary amides is 1. The Labute approximate surface area is 240 Å². The summed E-state index contributed by atoms with van der Waals surface area (Å²) in [6.07, 6.45) is 1.81. The molecule has 5 rings (SSSR count). The number of allylic oxidation sites excluding steroid dienone is 1. The van der Waals surface area contributed by atoms with E-state index in [-0.39, 0.29) is 18.0 Å². The molecular formula is C29H27N5O8. The highest BCUT2D eigenvalue weighted by atomic mass is 16.7. The molecule has 13 nitrogen and oxygen atoms in total. The number of aromatic nitrogens is 3. The zero-order chi connectivity index (χ0) is 29.6. The molecule has 4 atom stereocenters. The number of esters is 3. The van der Waals surface area contributed by atoms with E-state index >= 15 is 0 Å². The molecule has 0 unspecified atom stereocenters. The molecule has 2 aliphatic rings. The first kappa shape index (κ1) is 28.2. The second-order valence-electron chi connectivity index (χ2n) is 9.46. The summed E-state index contributed by atoms with van der Waals surface area (Å²) >= 11 is 0. The van der Waals surface area contributed by atoms with Crippen LogP contribution in [0.2, 0.25) is 0 Å². The third-order valence-electron chi connectivity index (χ3n) is 6.46. The number of nitrogens with zero attached hydrogens (tertiary/aromatic N) is 4. The molecule has 3 heterocycles. The first-order valence-corrected chi connectivity index (χ1v) is 12.9. The van der Waals surface area contributed by atoms with Crippen molar-refractivity contribution in [2.45, 2.75) is 31.0 Å². The van der Waals surface area contributed by atoms with Crippen molar-refractivity contribution in [1.82, 2.24) is 19.7 Å². The minimum absolute atomic E-state index is 0.240. The molecule has 3 aromatic rings. The predicted octanol–water partition coefficient (Wildman–Crippen LogP) is 2.00. The summed E-state index contributed by atoms with van der Waals surface area (Å²) in [5, 5.41) is 4.06. The highest BCUT2D eigenvalue weighted by molar-refractivity contribution is 5.91. The van der Waals surface area contributed by atoms with Gasteiger partial charge in [-0.05, 0) is 30.5 Å². The highest BCUT2D eigenvalue weighted by Gasteiger charge is 2.52. The zero-order valence-electron chi connectivity index (χ0n) is 22.4. The molecule has 0 bridgehead atoms. The van der Waals surface area contributed by atoms with Crippen LogP contribution in [0.3, 0.4) is 0 Å². The number of hydrogen-bond acceptors (Lipinski definition) is 11. The number of carbonyl (C=O) groups excluding carboxylic acids is 4. The lowest BCUT2D eigenvalue weighted by atomic mass is 10.1. The van der Waals surface area contributed by atoms with Gasteiger partial charge < -0.3 is 29.6 Å². The normalized spacial score (nSPS) is 21.4. The Kier molecular flexibility index (Phi) is 8.39. The van der Waals surface area contributed by atoms with Gasteiger partial charge in [-0.2, -0.15) is 0 Å². The van der Waals surface area contributed by atoms with Crippen LogP contribution in [-0.2, 0) is 23.7 Å². The molecule has 1 aromatic heterocycles. The van der Waals surface area contributed by atoms with Crippen LogP contribution < -0.4 is 5.73 Å². The van der Waals surface area contributed by atoms with E-state index in [1.807, 2.05) is 0 Å². The number of amides is 1. The molecule has 0 spiro atoms. The van der Waals surface area contributed by atoms with Gasteiger partial charge in [0.25, 0.3) is 5.91 Å². The number of carbonyl (C=O) groups is 4. The largest absolute Gasteiger partial charge is 0.459 e. The van der Waals surface area contributed by atoms with Crippen LogP contribution in [0.25, 0.3) is 0 Å². The Morgan fingerprint density at radius 3 is 2.19 bits per heavy atom. The molecule has 1 amide bonds. The maximum atomic E-state index is 13.3. The van der Waals surface area contributed by atoms with Crippen molar-refractivity contribution in [3.8, 4) is 0 Å². The van der Waals surface area contributed by atoms with Crippen LogP contribution in [0.1, 0.15) is 44.0 Å². The van der Waals surface area contributed by atoms with Crippen LogP contribution >= 0.6 is 0 Å². The van der Waals surface area contributed by atoms with E-state index in [9.17, 15) is 19.2 Å². The fourth-order valence-corrected chi connectivity index (χ4v) is 4.44. The van der Waals surface area contributed by atoms with Gasteiger partial charge in [-0.15, -0.1) is 5.10 Å². The van der Waals surface area contributed by atoms with E-state index in [2.05, 4.69) is 10.1 Å². The van der Waals surface area contributed by atoms with Crippen molar-refractivity contribution >= 4 is 23.8 Å². The molecule has 2 aliphatic heterocycles. The predicted molar refractivity (Wildman–Crippen MR) is 144 cm³/mol. The fourth-order valence-electron chi connectivity index (χ4n) is 4.44. The third-order valence-corrected chi connectivity index (χ3v) is 6.46. The first-order chi connectivity index (χ1) is 20.3. The Morgan fingerprint density at radius 2 is 1.57 bits per heavy atom. The number of hydrogen-bond donors (Lipinski definition) is 1. The SMILES string of the molecule is CN1C=CCC(C(=O)O[C@@H]2[C@H](OC(=O)c3ccccc3)[C@@H](COC(=O)c3ccccc3)O[C@H]2n2cnc(C(N)=O)n2)=C1. The van der Waals surface area contributed by atoms with Crippen molar-refractivity contribution in [3.63, 3.8) is 0 Å². The standard InChI is InChI=1S/C29H27N5O8/c1-33-14-8-13-20(15-33)29(38)42-23-22(41-28(37)19-11-6-3-7-12-19)21(16-39-27(36)18-9-4-2-5-10-18)40-26(23)34-17-31-25(32-34)24(30)35/h2-12,14-15,17,21-23,26H,13,16H2,1H3,(H2,30,35)/t21-,22-,23-,26-/m1/s1. The van der Waals surface area contributed by atoms with Gasteiger partial charge in [0.1, 0.15) is 19.0 Å². The highest BCUT2D eigenvalue weighted by Crippen LogP contribution is 2.35. The van der Waals surface area contributed by atoms with Gasteiger partial charge >= 0.3 is 17.9 Å². The maximum absolute atomic E-state index is 13.3. The number of nitrogens with two attached hydrogens (primary N) is 1. The minimum atomic E-state index is -1.29. The average Bonchev–Trinajstić information content (AvgIpc) is 3.62. The summed E-state index contributed by atoms with van der Waals surface area (Å²) in [6, 6.07) is 16.5. The summed E-state index contributed by atoms with van der Waals surface area (Å²) in [6.45, 7) is -0.365. The maximum Gasteiger partial charge on any atom is 0.338 e. The second-order valence-corrected chi connectivity index (χ2v) is 9.46. The van der Waals surface area contributed by atoms with E-state index in [0.717, 1.165) is 4.68 Å². The van der Waals surface area contributed by atoms with E-state index in [1.54, 1.807) is 91.1 Å². The smallest absolute Gasteiger partial charge is 0.338 e. The van der Waals surface area contributed by atoms with Gasteiger partial charge in [-0.3, -0.25) is 4.79 Å². The Morgan fingerprint density at radius 1 is 0.929 bits per heavy atom. The lowest BCUT2D eigenvalue weighted by Crippen LogP contribution is -2.41. The number of benzene rings is 2. The number of rotatable bonds is 9. The molecule has 13 heteroatoms. The molecule has 1 fully saturated rings. The fraction of sp³-hybridized carbons (Fsp3) is 0.241. The monoisotopic (exact) mass is 573 g/mol. The van der Waals surface area contributed by atoms with Gasteiger partial charge in [-0.25, -0.2) is 24.0 Å². The average molecular weight is 574 g/mol. The quantitative estimate of drug-likeness (QED) is 0.294. The molecule has 216 valence electrons. The molecule has 2 aromatic carbocycles. The zero-order valence-corrected chi connectivity index (χ0v) is 22.4. The summed E-state index contributed by atoms with van der Waals surface area (Å²) in [7, 11) is 1.76. The summed E-state index contributed by atoms with van der Waals surface area (Å²) in [5.41, 5.74) is 6.20. The molecule has 0 saturated carbocycles. The third kappa shape index (κ3) is 6.36. The van der Waals surface area contributed by atoms with E-state index in [0.29, 0.717) is 17.6 Å². The minimum Gasteiger partial charge on any atom is -0.459 e. The molecular weight excluding hydrogens is 546 g/mol. The van der Waals surface area contributed by atoms with Crippen molar-refractivity contribution in [1.29, 1.82) is 0 Å². The van der Waals surface area contributed by atoms with Crippen LogP contribution in [-0.4, -0.2) is 75.4 Å². The van der Waals surface area contributed by atoms with Gasteiger partial charge in [-0.1, -0.05) is 42.5 Å². The van der Waals surface area contributed by atoms with Crippen molar-refractivity contribution < 1.29 is 38.1 Å². The van der Waals surface area contributed by atoms with Gasteiger partial charge in [0.05, 0.1) is 16.7 Å². The van der Waals surface area contributed by atoms with Gasteiger partial charge in [0.2, 0.25) is 5.82 Å². The van der Waals surface area contributed by atoms with Gasteiger partial charge in [0.15, 0.2) is 18.4 Å². The molecule has 42 heavy (non-hydrogen) atoms. The van der Waals surface area contributed by atoms with E-state index < -0.39 is 48.4 Å². The number of ether oxygens (including phenoxy) is 4. The Balaban J connectivity index is 1.46. The van der Waals surface area contributed by atoms with Crippen LogP contribution in [0.4, 0.5) is 0 Å². The van der Waals surface area contributed by atoms with Crippen molar-refractivity contribution in [3.05, 3.63) is 108 Å². The van der Waals surface area contributed by atoms with E-state index in [4.69, 9.17) is 24.7 Å². The summed E-state index contributed by atoms with van der Waals surface area (Å²) < 4.78 is 24.5. The Bertz CT molecular complexity index is 1520. The Hall–Kier alpha value is -5.30. The summed E-state index contributed by atoms with van der Waals surface area (Å²) in [5.74, 6) is -3.24. The van der Waals surface area contributed by atoms with Crippen LogP contribution in [0.5, 0.6) is 0 Å². The molecule has 1 saturated heterocycles. The molecule has 0 aliphatic carbocycles. The van der Waals surface area contributed by atoms with Crippen molar-refractivity contribution in [2.75, 3.05) is 13.7 Å². The van der Waals surface area contributed by atoms with Crippen LogP contribution in [0.15, 0.2) is 91.0 Å². The lowest BCUT2D eigenvalue weighted by molar-refractivity contribution is -0.154. The molecule has 0 radical (unpaired) electrons. The summed E-state index contributed by atoms with van der Waals surface area (Å²) in [4.78, 5) is 56.4. The first-order valence-electron chi connectivity index (χ1n) is 12.9.